The van der Waals surface area contributed by atoms with Gasteiger partial charge in [-0.1, -0.05) is 36.9 Å². The van der Waals surface area contributed by atoms with Crippen molar-refractivity contribution in [1.82, 2.24) is 9.97 Å². The Morgan fingerprint density at radius 2 is 2.09 bits per heavy atom. The van der Waals surface area contributed by atoms with Gasteiger partial charge in [-0.3, -0.25) is 4.79 Å². The van der Waals surface area contributed by atoms with Crippen LogP contribution >= 0.6 is 23.1 Å². The van der Waals surface area contributed by atoms with Gasteiger partial charge in [0.1, 0.15) is 11.4 Å². The van der Waals surface area contributed by atoms with Crippen LogP contribution in [0.1, 0.15) is 13.3 Å². The Kier molecular flexibility index (Phi) is 4.70. The average Bonchev–Trinajstić information content (AvgIpc) is 3.02. The second-order valence-corrected chi connectivity index (χ2v) is 6.79. The molecule has 3 rings (SSSR count). The number of hydrogen-bond acceptors (Lipinski definition) is 5. The summed E-state index contributed by atoms with van der Waals surface area (Å²) in [5.41, 5.74) is 1.75. The molecule has 0 bridgehead atoms. The molecule has 1 unspecified atom stereocenters. The zero-order valence-corrected chi connectivity index (χ0v) is 13.7. The maximum atomic E-state index is 12.5. The third-order valence-corrected chi connectivity index (χ3v) is 5.57. The first-order valence-electron chi connectivity index (χ1n) is 6.98. The Morgan fingerprint density at radius 1 is 1.27 bits per heavy atom. The highest BCUT2D eigenvalue weighted by Crippen LogP contribution is 2.32. The van der Waals surface area contributed by atoms with E-state index in [1.54, 1.807) is 17.7 Å². The maximum Gasteiger partial charge on any atom is 0.237 e. The summed E-state index contributed by atoms with van der Waals surface area (Å²) in [6.45, 7) is 2.01. The van der Waals surface area contributed by atoms with Crippen molar-refractivity contribution in [3.05, 3.63) is 48.1 Å². The van der Waals surface area contributed by atoms with Crippen molar-refractivity contribution >= 4 is 44.9 Å². The van der Waals surface area contributed by atoms with Gasteiger partial charge in [0.2, 0.25) is 5.91 Å². The minimum atomic E-state index is -0.180. The minimum Gasteiger partial charge on any atom is -0.325 e. The number of fused-ring (bicyclic) bond motifs is 1. The molecule has 0 fully saturated rings. The third kappa shape index (κ3) is 3.28. The number of amides is 1. The van der Waals surface area contributed by atoms with Crippen LogP contribution in [0.4, 0.5) is 5.69 Å². The number of hydrogen-bond donors (Lipinski definition) is 1. The number of benzene rings is 1. The molecule has 4 nitrogen and oxygen atoms in total. The summed E-state index contributed by atoms with van der Waals surface area (Å²) >= 11 is 3.10. The van der Waals surface area contributed by atoms with Crippen molar-refractivity contribution in [2.45, 2.75) is 23.6 Å². The lowest BCUT2D eigenvalue weighted by molar-refractivity contribution is -0.115. The Labute approximate surface area is 137 Å². The number of anilines is 1. The molecule has 1 aromatic carbocycles. The lowest BCUT2D eigenvalue weighted by Gasteiger charge is -2.14. The van der Waals surface area contributed by atoms with E-state index in [1.165, 1.54) is 11.8 Å². The number of nitrogens with zero attached hydrogens (tertiary/aromatic N) is 2. The van der Waals surface area contributed by atoms with E-state index in [-0.39, 0.29) is 11.2 Å². The molecular formula is C16H15N3OS2. The summed E-state index contributed by atoms with van der Waals surface area (Å²) in [4.78, 5) is 21.0. The number of rotatable bonds is 5. The van der Waals surface area contributed by atoms with Gasteiger partial charge in [-0.05, 0) is 30.0 Å². The Bertz CT molecular complexity index is 773. The van der Waals surface area contributed by atoms with Crippen LogP contribution in [0.2, 0.25) is 0 Å². The molecule has 22 heavy (non-hydrogen) atoms. The second-order valence-electron chi connectivity index (χ2n) is 4.68. The molecule has 2 aromatic heterocycles. The molecule has 3 aromatic rings. The molecule has 0 radical (unpaired) electrons. The normalized spacial score (nSPS) is 12.2. The number of thioether (sulfide) groups is 1. The predicted molar refractivity (Wildman–Crippen MR) is 92.4 cm³/mol. The first kappa shape index (κ1) is 15.0. The molecule has 1 amide bonds. The summed E-state index contributed by atoms with van der Waals surface area (Å²) in [5, 5.41) is 5.64. The van der Waals surface area contributed by atoms with E-state index in [1.807, 2.05) is 48.7 Å². The number of para-hydroxylation sites is 1. The molecule has 112 valence electrons. The van der Waals surface area contributed by atoms with E-state index in [2.05, 4.69) is 15.3 Å². The van der Waals surface area contributed by atoms with Gasteiger partial charge in [0.15, 0.2) is 0 Å². The van der Waals surface area contributed by atoms with Crippen LogP contribution < -0.4 is 5.32 Å². The van der Waals surface area contributed by atoms with Crippen LogP contribution in [0.5, 0.6) is 0 Å². The summed E-state index contributed by atoms with van der Waals surface area (Å²) in [5.74, 6) is 0.00187. The number of carbonyl (C=O) groups is 1. The van der Waals surface area contributed by atoms with E-state index in [0.717, 1.165) is 27.4 Å². The molecule has 1 atom stereocenters. The van der Waals surface area contributed by atoms with Crippen LogP contribution in [-0.2, 0) is 4.79 Å². The molecule has 1 N–H and O–H groups in total. The Hall–Kier alpha value is -1.92. The van der Waals surface area contributed by atoms with Crippen molar-refractivity contribution in [1.29, 1.82) is 0 Å². The van der Waals surface area contributed by atoms with Crippen molar-refractivity contribution in [2.75, 3.05) is 5.32 Å². The SMILES string of the molecule is CCC(Sc1ncnc2ccsc12)C(=O)Nc1ccccc1. The van der Waals surface area contributed by atoms with E-state index >= 15 is 0 Å². The molecule has 6 heteroatoms. The van der Waals surface area contributed by atoms with Crippen LogP contribution in [-0.4, -0.2) is 21.1 Å². The van der Waals surface area contributed by atoms with Crippen molar-refractivity contribution in [3.8, 4) is 0 Å². The number of carbonyl (C=O) groups excluding carboxylic acids is 1. The largest absolute Gasteiger partial charge is 0.325 e. The number of aromatic nitrogens is 2. The molecule has 0 aliphatic carbocycles. The van der Waals surface area contributed by atoms with Crippen LogP contribution in [0.25, 0.3) is 10.2 Å². The minimum absolute atomic E-state index is 0.00187. The van der Waals surface area contributed by atoms with E-state index in [0.29, 0.717) is 0 Å². The van der Waals surface area contributed by atoms with Crippen LogP contribution in [0, 0.1) is 0 Å². The second kappa shape index (κ2) is 6.89. The van der Waals surface area contributed by atoms with E-state index < -0.39 is 0 Å². The summed E-state index contributed by atoms with van der Waals surface area (Å²) in [6.07, 6.45) is 2.29. The summed E-state index contributed by atoms with van der Waals surface area (Å²) in [7, 11) is 0. The Balaban J connectivity index is 1.77. The summed E-state index contributed by atoms with van der Waals surface area (Å²) in [6, 6.07) is 11.5. The first-order valence-corrected chi connectivity index (χ1v) is 8.74. The quantitative estimate of drug-likeness (QED) is 0.563. The highest BCUT2D eigenvalue weighted by molar-refractivity contribution is 8.00. The van der Waals surface area contributed by atoms with E-state index in [4.69, 9.17) is 0 Å². The number of nitrogens with one attached hydrogen (secondary N) is 1. The molecule has 0 aliphatic heterocycles. The standard InChI is InChI=1S/C16H15N3OS2/c1-2-13(15(20)19-11-6-4-3-5-7-11)22-16-14-12(8-9-21-14)17-10-18-16/h3-10,13H,2H2,1H3,(H,19,20). The van der Waals surface area contributed by atoms with Gasteiger partial charge in [0.05, 0.1) is 15.5 Å². The zero-order valence-electron chi connectivity index (χ0n) is 12.0. The smallest absolute Gasteiger partial charge is 0.237 e. The van der Waals surface area contributed by atoms with Crippen LogP contribution in [0.3, 0.4) is 0 Å². The molecule has 0 aliphatic rings. The topological polar surface area (TPSA) is 54.9 Å². The van der Waals surface area contributed by atoms with Gasteiger partial charge >= 0.3 is 0 Å². The fourth-order valence-corrected chi connectivity index (χ4v) is 3.99. The van der Waals surface area contributed by atoms with E-state index in [9.17, 15) is 4.79 Å². The molecule has 0 saturated heterocycles. The molecule has 2 heterocycles. The van der Waals surface area contributed by atoms with Crippen LogP contribution in [0.15, 0.2) is 53.1 Å². The van der Waals surface area contributed by atoms with Gasteiger partial charge in [-0.15, -0.1) is 11.3 Å². The fourth-order valence-electron chi connectivity index (χ4n) is 2.05. The third-order valence-electron chi connectivity index (χ3n) is 3.17. The van der Waals surface area contributed by atoms with Crippen molar-refractivity contribution < 1.29 is 4.79 Å². The van der Waals surface area contributed by atoms with Gasteiger partial charge in [-0.25, -0.2) is 9.97 Å². The first-order chi connectivity index (χ1) is 10.8. The monoisotopic (exact) mass is 329 g/mol. The molecule has 0 saturated carbocycles. The van der Waals surface area contributed by atoms with Gasteiger partial charge in [-0.2, -0.15) is 0 Å². The zero-order chi connectivity index (χ0) is 15.4. The summed E-state index contributed by atoms with van der Waals surface area (Å²) < 4.78 is 1.04. The van der Waals surface area contributed by atoms with Gasteiger partial charge < -0.3 is 5.32 Å². The fraction of sp³-hybridized carbons (Fsp3) is 0.188. The lowest BCUT2D eigenvalue weighted by Crippen LogP contribution is -2.24. The van der Waals surface area contributed by atoms with Gasteiger partial charge in [0, 0.05) is 5.69 Å². The van der Waals surface area contributed by atoms with Crippen molar-refractivity contribution in [3.63, 3.8) is 0 Å². The van der Waals surface area contributed by atoms with Gasteiger partial charge in [0.25, 0.3) is 0 Å². The van der Waals surface area contributed by atoms with Crippen molar-refractivity contribution in [2.24, 2.45) is 0 Å². The average molecular weight is 329 g/mol. The Morgan fingerprint density at radius 3 is 2.86 bits per heavy atom. The number of thiophene rings is 1. The predicted octanol–water partition coefficient (Wildman–Crippen LogP) is 4.20. The lowest BCUT2D eigenvalue weighted by atomic mass is 10.3. The maximum absolute atomic E-state index is 12.5. The molecular weight excluding hydrogens is 314 g/mol. The highest BCUT2D eigenvalue weighted by Gasteiger charge is 2.20. The highest BCUT2D eigenvalue weighted by atomic mass is 32.2. The molecule has 0 spiro atoms.